The van der Waals surface area contributed by atoms with Crippen molar-refractivity contribution in [2.75, 3.05) is 26.5 Å². The van der Waals surface area contributed by atoms with Crippen LogP contribution < -0.4 is 9.83 Å². The van der Waals surface area contributed by atoms with Crippen molar-refractivity contribution in [2.24, 2.45) is 5.92 Å². The van der Waals surface area contributed by atoms with Gasteiger partial charge in [-0.15, -0.1) is 0 Å². The van der Waals surface area contributed by atoms with Crippen LogP contribution in [0.15, 0.2) is 48.5 Å². The third-order valence-corrected chi connectivity index (χ3v) is 8.94. The van der Waals surface area contributed by atoms with Crippen LogP contribution in [0.25, 0.3) is 11.1 Å². The van der Waals surface area contributed by atoms with Crippen LogP contribution in [-0.4, -0.2) is 62.4 Å². The molecule has 1 aliphatic rings. The lowest BCUT2D eigenvalue weighted by atomic mass is 10.0. The molecule has 14 nitrogen and oxygen atoms in total. The van der Waals surface area contributed by atoms with Gasteiger partial charge in [-0.25, -0.2) is 0 Å². The molecule has 0 aliphatic carbocycles. The van der Waals surface area contributed by atoms with Crippen LogP contribution in [0.5, 0.6) is 5.75 Å². The van der Waals surface area contributed by atoms with Crippen LogP contribution in [0.1, 0.15) is 52.4 Å². The molecular formula is C31H35O14P. The van der Waals surface area contributed by atoms with Crippen LogP contribution in [0.2, 0.25) is 0 Å². The zero-order valence-corrected chi connectivity index (χ0v) is 26.3. The molecular weight excluding hydrogens is 627 g/mol. The second kappa shape index (κ2) is 17.7. The van der Waals surface area contributed by atoms with E-state index in [1.165, 1.54) is 0 Å². The molecule has 0 radical (unpaired) electrons. The second-order valence-electron chi connectivity index (χ2n) is 9.94. The van der Waals surface area contributed by atoms with Gasteiger partial charge in [0.05, 0.1) is 23.8 Å². The van der Waals surface area contributed by atoms with Gasteiger partial charge in [0, 0.05) is 18.4 Å². The molecule has 0 bridgehead atoms. The van der Waals surface area contributed by atoms with E-state index in [0.717, 1.165) is 0 Å². The first-order valence-electron chi connectivity index (χ1n) is 14.5. The van der Waals surface area contributed by atoms with Gasteiger partial charge in [0.1, 0.15) is 12.2 Å². The van der Waals surface area contributed by atoms with Crippen molar-refractivity contribution in [1.82, 2.24) is 0 Å². The minimum absolute atomic E-state index is 0.107. The molecule has 0 aromatic heterocycles. The molecule has 46 heavy (non-hydrogen) atoms. The lowest BCUT2D eigenvalue weighted by Gasteiger charge is -2.30. The topological polar surface area (TPSA) is 184 Å². The van der Waals surface area contributed by atoms with Crippen molar-refractivity contribution in [1.29, 1.82) is 0 Å². The summed E-state index contributed by atoms with van der Waals surface area (Å²) < 4.78 is 49.1. The highest BCUT2D eigenvalue weighted by atomic mass is 31.2. The fourth-order valence-electron chi connectivity index (χ4n) is 4.25. The summed E-state index contributed by atoms with van der Waals surface area (Å²) in [6.45, 7) is 1.24. The van der Waals surface area contributed by atoms with Crippen molar-refractivity contribution >= 4 is 48.5 Å². The third kappa shape index (κ3) is 10.7. The predicted molar refractivity (Wildman–Crippen MR) is 158 cm³/mol. The Balaban J connectivity index is 1.62. The number of hydrogen-bond donors (Lipinski definition) is 0. The summed E-state index contributed by atoms with van der Waals surface area (Å²) in [7, 11) is -3.83. The highest BCUT2D eigenvalue weighted by molar-refractivity contribution is 7.67. The number of rotatable bonds is 17. The molecule has 0 saturated carbocycles. The van der Waals surface area contributed by atoms with Gasteiger partial charge in [-0.2, -0.15) is 0 Å². The molecule has 2 unspecified atom stereocenters. The molecule has 2 aromatic rings. The average molecular weight is 663 g/mol. The van der Waals surface area contributed by atoms with Gasteiger partial charge < -0.3 is 32.9 Å². The smallest absolute Gasteiger partial charge is 0.320 e. The number of fused-ring (bicyclic) bond motifs is 3. The van der Waals surface area contributed by atoms with Crippen molar-refractivity contribution < 1.29 is 66.3 Å². The Morgan fingerprint density at radius 1 is 0.652 bits per heavy atom. The zero-order valence-electron chi connectivity index (χ0n) is 25.4. The monoisotopic (exact) mass is 662 g/mol. The van der Waals surface area contributed by atoms with Crippen molar-refractivity contribution in [2.45, 2.75) is 52.4 Å². The Kier molecular flexibility index (Phi) is 13.8. The summed E-state index contributed by atoms with van der Waals surface area (Å²) in [6, 6.07) is 13.7. The van der Waals surface area contributed by atoms with Crippen LogP contribution in [-0.2, 0) is 61.8 Å². The highest BCUT2D eigenvalue weighted by Gasteiger charge is 2.41. The van der Waals surface area contributed by atoms with Crippen molar-refractivity contribution in [3.8, 4) is 16.9 Å². The Hall–Kier alpha value is -4.71. The number of esters is 6. The molecule has 0 N–H and O–H groups in total. The standard InChI is InChI=1S/C31H35O14P/c1-3-9-26(32)39-18-42-29(35)16-30(36)43-19-41-28(34)15-21(31(37)44-20-40-27(33)10-4-2)17-46(38)25-14-8-6-12-23(25)22-11-5-7-13-24(22)45-46/h5-8,11-14,21H,3-4,9-10,15-20H2,1-2H3. The molecule has 0 amide bonds. The lowest BCUT2D eigenvalue weighted by molar-refractivity contribution is -0.177. The molecule has 1 heterocycles. The summed E-state index contributed by atoms with van der Waals surface area (Å²) >= 11 is 0. The molecule has 1 aliphatic heterocycles. The fourth-order valence-corrected chi connectivity index (χ4v) is 6.83. The molecule has 15 heteroatoms. The minimum Gasteiger partial charge on any atom is -0.439 e. The SMILES string of the molecule is CCCC(=O)OCOC(=O)CC(=O)OCOC(=O)CC(CP1(=O)Oc2ccccc2-c2ccccc21)C(=O)OCOC(=O)CCC. The molecule has 3 rings (SSSR count). The van der Waals surface area contributed by atoms with Gasteiger partial charge >= 0.3 is 35.8 Å². The molecule has 2 atom stereocenters. The van der Waals surface area contributed by atoms with Crippen LogP contribution in [0.3, 0.4) is 0 Å². The van der Waals surface area contributed by atoms with E-state index in [9.17, 15) is 33.3 Å². The molecule has 248 valence electrons. The van der Waals surface area contributed by atoms with Gasteiger partial charge in [0.25, 0.3) is 7.37 Å². The quantitative estimate of drug-likeness (QED) is 0.0784. The normalized spacial score (nSPS) is 15.1. The minimum atomic E-state index is -3.83. The molecule has 0 fully saturated rings. The van der Waals surface area contributed by atoms with E-state index in [4.69, 9.17) is 23.5 Å². The van der Waals surface area contributed by atoms with E-state index in [0.29, 0.717) is 35.0 Å². The first-order valence-corrected chi connectivity index (χ1v) is 16.3. The summed E-state index contributed by atoms with van der Waals surface area (Å²) in [5.74, 6) is -6.39. The van der Waals surface area contributed by atoms with E-state index in [1.54, 1.807) is 62.4 Å². The number of carbonyl (C=O) groups is 6. The zero-order chi connectivity index (χ0) is 33.5. The average Bonchev–Trinajstić information content (AvgIpc) is 3.01. The molecule has 0 saturated heterocycles. The first kappa shape index (κ1) is 35.8. The van der Waals surface area contributed by atoms with E-state index in [-0.39, 0.29) is 12.8 Å². The number of ether oxygens (including phenoxy) is 6. The Bertz CT molecular complexity index is 1470. The summed E-state index contributed by atoms with van der Waals surface area (Å²) in [5, 5.41) is 0.343. The Morgan fingerprint density at radius 3 is 1.76 bits per heavy atom. The summed E-state index contributed by atoms with van der Waals surface area (Å²) in [5.41, 5.74) is 1.34. The van der Waals surface area contributed by atoms with Gasteiger partial charge in [0.2, 0.25) is 20.4 Å². The van der Waals surface area contributed by atoms with Gasteiger partial charge in [-0.1, -0.05) is 50.2 Å². The second-order valence-corrected chi connectivity index (χ2v) is 12.3. The maximum absolute atomic E-state index is 14.3. The van der Waals surface area contributed by atoms with Crippen LogP contribution in [0, 0.1) is 5.92 Å². The summed E-state index contributed by atoms with van der Waals surface area (Å²) in [6.07, 6.45) is -0.675. The number of hydrogen-bond acceptors (Lipinski definition) is 14. The number of para-hydroxylation sites is 1. The van der Waals surface area contributed by atoms with Gasteiger partial charge in [0.15, 0.2) is 0 Å². The highest BCUT2D eigenvalue weighted by Crippen LogP contribution is 2.55. The van der Waals surface area contributed by atoms with Crippen molar-refractivity contribution in [3.05, 3.63) is 48.5 Å². The van der Waals surface area contributed by atoms with E-state index < -0.39 is 88.5 Å². The Labute approximate surface area is 265 Å². The molecule has 0 spiro atoms. The summed E-state index contributed by atoms with van der Waals surface area (Å²) in [4.78, 5) is 72.4. The number of benzene rings is 2. The van der Waals surface area contributed by atoms with E-state index >= 15 is 0 Å². The Morgan fingerprint density at radius 2 is 1.15 bits per heavy atom. The first-order chi connectivity index (χ1) is 22.1. The largest absolute Gasteiger partial charge is 0.439 e. The lowest BCUT2D eigenvalue weighted by Crippen LogP contribution is -2.30. The molecule has 2 aromatic carbocycles. The van der Waals surface area contributed by atoms with Gasteiger partial charge in [-0.3, -0.25) is 33.3 Å². The maximum atomic E-state index is 14.3. The predicted octanol–water partition coefficient (Wildman–Crippen LogP) is 3.78. The number of carbonyl (C=O) groups excluding carboxylic acids is 6. The van der Waals surface area contributed by atoms with E-state index in [2.05, 4.69) is 9.47 Å². The fraction of sp³-hybridized carbons (Fsp3) is 0.419. The van der Waals surface area contributed by atoms with Crippen molar-refractivity contribution in [3.63, 3.8) is 0 Å². The van der Waals surface area contributed by atoms with Crippen LogP contribution in [0.4, 0.5) is 0 Å². The maximum Gasteiger partial charge on any atom is 0.320 e. The third-order valence-electron chi connectivity index (χ3n) is 6.40. The van der Waals surface area contributed by atoms with Gasteiger partial charge in [-0.05, 0) is 30.5 Å². The van der Waals surface area contributed by atoms with Crippen LogP contribution >= 0.6 is 7.37 Å². The van der Waals surface area contributed by atoms with E-state index in [1.807, 2.05) is 0 Å².